The minimum atomic E-state index is 0.408. The van der Waals surface area contributed by atoms with Crippen LogP contribution in [0.5, 0.6) is 0 Å². The zero-order valence-electron chi connectivity index (χ0n) is 13.1. The summed E-state index contributed by atoms with van der Waals surface area (Å²) in [6, 6.07) is 10.7. The molecule has 21 heavy (non-hydrogen) atoms. The van der Waals surface area contributed by atoms with E-state index in [2.05, 4.69) is 41.4 Å². The van der Waals surface area contributed by atoms with Crippen molar-refractivity contribution in [1.29, 1.82) is 0 Å². The number of para-hydroxylation sites is 1. The lowest BCUT2D eigenvalue weighted by Crippen LogP contribution is -2.63. The molecule has 0 amide bonds. The van der Waals surface area contributed by atoms with Crippen molar-refractivity contribution in [3.05, 3.63) is 29.8 Å². The molecule has 3 heterocycles. The zero-order chi connectivity index (χ0) is 14.1. The van der Waals surface area contributed by atoms with Crippen LogP contribution in [0.25, 0.3) is 0 Å². The molecule has 5 rings (SSSR count). The average molecular weight is 282 g/mol. The molecule has 1 aromatic carbocycles. The number of rotatable bonds is 1. The van der Waals surface area contributed by atoms with Crippen molar-refractivity contribution in [2.24, 2.45) is 5.41 Å². The maximum atomic E-state index is 3.90. The Hall–Kier alpha value is -1.02. The highest BCUT2D eigenvalue weighted by Gasteiger charge is 2.65. The molecule has 112 valence electrons. The van der Waals surface area contributed by atoms with Crippen molar-refractivity contribution in [3.8, 4) is 0 Å². The van der Waals surface area contributed by atoms with Gasteiger partial charge in [-0.1, -0.05) is 25.1 Å². The van der Waals surface area contributed by atoms with Crippen molar-refractivity contribution < 1.29 is 0 Å². The van der Waals surface area contributed by atoms with E-state index in [0.717, 1.165) is 6.04 Å². The van der Waals surface area contributed by atoms with Gasteiger partial charge in [0.15, 0.2) is 0 Å². The SMILES string of the molecule is CC[C@]12CCCN3CC[C@@]4(c5ccccc5N[C@H]4CC1)C32. The molecule has 4 atom stereocenters. The first-order valence-corrected chi connectivity index (χ1v) is 8.90. The molecule has 3 fully saturated rings. The third-order valence-electron chi connectivity index (χ3n) is 7.38. The molecular formula is C19H26N2. The quantitative estimate of drug-likeness (QED) is 0.843. The van der Waals surface area contributed by atoms with Gasteiger partial charge in [-0.05, 0) is 68.7 Å². The van der Waals surface area contributed by atoms with E-state index in [9.17, 15) is 0 Å². The van der Waals surface area contributed by atoms with E-state index < -0.39 is 0 Å². The van der Waals surface area contributed by atoms with Crippen LogP contribution < -0.4 is 5.32 Å². The van der Waals surface area contributed by atoms with Gasteiger partial charge < -0.3 is 5.32 Å². The molecular weight excluding hydrogens is 256 g/mol. The topological polar surface area (TPSA) is 15.3 Å². The van der Waals surface area contributed by atoms with Gasteiger partial charge in [0, 0.05) is 23.2 Å². The summed E-state index contributed by atoms with van der Waals surface area (Å²) in [7, 11) is 0. The Kier molecular flexibility index (Phi) is 2.41. The van der Waals surface area contributed by atoms with Crippen molar-refractivity contribution in [2.45, 2.75) is 62.9 Å². The van der Waals surface area contributed by atoms with E-state index in [-0.39, 0.29) is 0 Å². The minimum absolute atomic E-state index is 0.408. The van der Waals surface area contributed by atoms with Crippen molar-refractivity contribution in [3.63, 3.8) is 0 Å². The van der Waals surface area contributed by atoms with Crippen LogP contribution >= 0.6 is 0 Å². The minimum Gasteiger partial charge on any atom is -0.381 e. The van der Waals surface area contributed by atoms with E-state index in [1.54, 1.807) is 5.56 Å². The van der Waals surface area contributed by atoms with E-state index in [0.29, 0.717) is 16.9 Å². The van der Waals surface area contributed by atoms with Gasteiger partial charge in [0.1, 0.15) is 0 Å². The van der Waals surface area contributed by atoms with Gasteiger partial charge in [0.05, 0.1) is 0 Å². The summed E-state index contributed by atoms with van der Waals surface area (Å²) in [5.41, 5.74) is 4.07. The van der Waals surface area contributed by atoms with Crippen LogP contribution in [0.15, 0.2) is 24.3 Å². The molecule has 0 bridgehead atoms. The van der Waals surface area contributed by atoms with E-state index in [1.165, 1.54) is 57.3 Å². The van der Waals surface area contributed by atoms with Gasteiger partial charge in [-0.2, -0.15) is 0 Å². The second-order valence-electron chi connectivity index (χ2n) is 7.83. The molecule has 0 radical (unpaired) electrons. The number of nitrogens with zero attached hydrogens (tertiary/aromatic N) is 1. The number of anilines is 1. The van der Waals surface area contributed by atoms with Crippen molar-refractivity contribution in [1.82, 2.24) is 4.90 Å². The molecule has 1 spiro atoms. The second kappa shape index (κ2) is 4.04. The summed E-state index contributed by atoms with van der Waals surface area (Å²) in [6.45, 7) is 5.10. The second-order valence-corrected chi connectivity index (χ2v) is 7.83. The predicted molar refractivity (Wildman–Crippen MR) is 86.7 cm³/mol. The molecule has 1 unspecified atom stereocenters. The lowest BCUT2D eigenvalue weighted by molar-refractivity contribution is -0.0309. The Morgan fingerprint density at radius 3 is 3.00 bits per heavy atom. The van der Waals surface area contributed by atoms with Crippen molar-refractivity contribution in [2.75, 3.05) is 18.4 Å². The van der Waals surface area contributed by atoms with Crippen LogP contribution in [0.2, 0.25) is 0 Å². The Balaban J connectivity index is 1.72. The first-order valence-electron chi connectivity index (χ1n) is 8.90. The first kappa shape index (κ1) is 12.5. The Morgan fingerprint density at radius 2 is 2.10 bits per heavy atom. The summed E-state index contributed by atoms with van der Waals surface area (Å²) in [5, 5.41) is 3.90. The molecule has 1 aromatic rings. The number of fused-ring (bicyclic) bond motifs is 1. The normalized spacial score (nSPS) is 43.9. The standard InChI is InChI=1S/C19H26N2/c1-2-18-9-5-12-21-13-11-19(17(18)21)14-6-3-4-7-15(14)20-16(19)8-10-18/h3-4,6-7,16-17,20H,2,5,8-13H2,1H3/t16-,17?,18-,19-/m0/s1. The molecule has 4 aliphatic rings. The van der Waals surface area contributed by atoms with Crippen LogP contribution in [0.4, 0.5) is 5.69 Å². The number of piperidine rings is 1. The highest BCUT2D eigenvalue weighted by Crippen LogP contribution is 2.63. The van der Waals surface area contributed by atoms with Crippen LogP contribution in [-0.4, -0.2) is 30.1 Å². The predicted octanol–water partition coefficient (Wildman–Crippen LogP) is 3.78. The fraction of sp³-hybridized carbons (Fsp3) is 0.684. The summed E-state index contributed by atoms with van der Waals surface area (Å²) >= 11 is 0. The van der Waals surface area contributed by atoms with Crippen LogP contribution in [0, 0.1) is 5.41 Å². The number of hydrogen-bond acceptors (Lipinski definition) is 2. The molecule has 2 saturated heterocycles. The lowest BCUT2D eigenvalue weighted by atomic mass is 9.52. The maximum absolute atomic E-state index is 3.90. The van der Waals surface area contributed by atoms with Crippen molar-refractivity contribution >= 4 is 5.69 Å². The van der Waals surface area contributed by atoms with E-state index in [1.807, 2.05) is 0 Å². The molecule has 1 N–H and O–H groups in total. The fourth-order valence-electron chi connectivity index (χ4n) is 6.60. The molecule has 0 aromatic heterocycles. The first-order chi connectivity index (χ1) is 10.3. The number of nitrogens with one attached hydrogen (secondary N) is 1. The van der Waals surface area contributed by atoms with E-state index in [4.69, 9.17) is 0 Å². The molecule has 1 saturated carbocycles. The number of hydrogen-bond donors (Lipinski definition) is 1. The third kappa shape index (κ3) is 1.34. The molecule has 2 heteroatoms. The Bertz CT molecular complexity index is 583. The Labute approximate surface area is 127 Å². The lowest BCUT2D eigenvalue weighted by Gasteiger charge is -2.58. The molecule has 3 aliphatic heterocycles. The van der Waals surface area contributed by atoms with Gasteiger partial charge >= 0.3 is 0 Å². The van der Waals surface area contributed by atoms with Gasteiger partial charge in [-0.3, -0.25) is 4.90 Å². The monoisotopic (exact) mass is 282 g/mol. The van der Waals surface area contributed by atoms with Gasteiger partial charge in [0.25, 0.3) is 0 Å². The number of benzene rings is 1. The zero-order valence-corrected chi connectivity index (χ0v) is 13.1. The molecule has 1 aliphatic carbocycles. The summed E-state index contributed by atoms with van der Waals surface area (Å²) in [6.07, 6.45) is 8.41. The largest absolute Gasteiger partial charge is 0.381 e. The van der Waals surface area contributed by atoms with Crippen LogP contribution in [0.3, 0.4) is 0 Å². The summed E-state index contributed by atoms with van der Waals surface area (Å²) in [5.74, 6) is 0. The average Bonchev–Trinajstić information content (AvgIpc) is 3.08. The van der Waals surface area contributed by atoms with Crippen LogP contribution in [0.1, 0.15) is 51.0 Å². The van der Waals surface area contributed by atoms with E-state index >= 15 is 0 Å². The fourth-order valence-corrected chi connectivity index (χ4v) is 6.60. The summed E-state index contributed by atoms with van der Waals surface area (Å²) < 4.78 is 0. The van der Waals surface area contributed by atoms with Gasteiger partial charge in [0.2, 0.25) is 0 Å². The Morgan fingerprint density at radius 1 is 1.19 bits per heavy atom. The van der Waals surface area contributed by atoms with Gasteiger partial charge in [-0.15, -0.1) is 0 Å². The summed E-state index contributed by atoms with van der Waals surface area (Å²) in [4.78, 5) is 2.86. The maximum Gasteiger partial charge on any atom is 0.0382 e. The molecule has 2 nitrogen and oxygen atoms in total. The highest BCUT2D eigenvalue weighted by molar-refractivity contribution is 5.64. The highest BCUT2D eigenvalue weighted by atomic mass is 15.2. The smallest absolute Gasteiger partial charge is 0.0382 e. The third-order valence-corrected chi connectivity index (χ3v) is 7.38. The van der Waals surface area contributed by atoms with Gasteiger partial charge in [-0.25, -0.2) is 0 Å². The van der Waals surface area contributed by atoms with Crippen LogP contribution in [-0.2, 0) is 5.41 Å².